The maximum absolute atomic E-state index is 12.5. The smallest absolute Gasteiger partial charge is 0.254 e. The van der Waals surface area contributed by atoms with E-state index in [2.05, 4.69) is 5.10 Å². The fraction of sp³-hybridized carbons (Fsp3) is 0.421. The van der Waals surface area contributed by atoms with E-state index in [0.29, 0.717) is 51.4 Å². The molecule has 2 aliphatic heterocycles. The third-order valence-corrected chi connectivity index (χ3v) is 4.84. The first-order valence-electron chi connectivity index (χ1n) is 8.92. The number of hydrogen-bond donors (Lipinski definition) is 0. The summed E-state index contributed by atoms with van der Waals surface area (Å²) >= 11 is 0. The number of hydrogen-bond acceptors (Lipinski definition) is 4. The Morgan fingerprint density at radius 1 is 1.15 bits per heavy atom. The Balaban J connectivity index is 1.49. The lowest BCUT2D eigenvalue weighted by Gasteiger charge is -2.28. The zero-order chi connectivity index (χ0) is 18.1. The molecular formula is C19H22N4O3. The molecule has 0 radical (unpaired) electrons. The molecule has 1 aromatic heterocycles. The van der Waals surface area contributed by atoms with Gasteiger partial charge < -0.3 is 9.64 Å². The van der Waals surface area contributed by atoms with Crippen LogP contribution in [-0.4, -0.2) is 52.8 Å². The summed E-state index contributed by atoms with van der Waals surface area (Å²) in [5.74, 6) is 0.973. The summed E-state index contributed by atoms with van der Waals surface area (Å²) in [7, 11) is 0. The fourth-order valence-corrected chi connectivity index (χ4v) is 3.43. The quantitative estimate of drug-likeness (QED) is 0.840. The van der Waals surface area contributed by atoms with Gasteiger partial charge in [0.1, 0.15) is 5.82 Å². The van der Waals surface area contributed by atoms with Gasteiger partial charge in [0.25, 0.3) is 5.91 Å². The normalized spacial score (nSPS) is 17.3. The maximum Gasteiger partial charge on any atom is 0.254 e. The van der Waals surface area contributed by atoms with E-state index < -0.39 is 0 Å². The number of aromatic nitrogens is 2. The Hall–Kier alpha value is -2.67. The summed E-state index contributed by atoms with van der Waals surface area (Å²) in [5, 5.41) is 4.43. The summed E-state index contributed by atoms with van der Waals surface area (Å²) in [6, 6.07) is 9.45. The van der Waals surface area contributed by atoms with Crippen LogP contribution in [-0.2, 0) is 22.6 Å². The van der Waals surface area contributed by atoms with Crippen molar-refractivity contribution in [1.82, 2.24) is 14.7 Å². The molecule has 0 aliphatic carbocycles. The Morgan fingerprint density at radius 3 is 2.62 bits per heavy atom. The van der Waals surface area contributed by atoms with Crippen molar-refractivity contribution < 1.29 is 14.3 Å². The minimum atomic E-state index is 0.0302. The third kappa shape index (κ3) is 3.22. The van der Waals surface area contributed by atoms with Crippen LogP contribution in [0.4, 0.5) is 5.82 Å². The molecule has 2 amide bonds. The number of amides is 2. The van der Waals surface area contributed by atoms with Crippen molar-refractivity contribution >= 4 is 17.6 Å². The van der Waals surface area contributed by atoms with Crippen LogP contribution in [0.2, 0.25) is 0 Å². The van der Waals surface area contributed by atoms with E-state index in [4.69, 9.17) is 4.74 Å². The van der Waals surface area contributed by atoms with E-state index in [-0.39, 0.29) is 11.8 Å². The van der Waals surface area contributed by atoms with Gasteiger partial charge in [0.15, 0.2) is 0 Å². The van der Waals surface area contributed by atoms with E-state index >= 15 is 0 Å². The van der Waals surface area contributed by atoms with Crippen LogP contribution in [0.5, 0.6) is 0 Å². The first-order chi connectivity index (χ1) is 12.6. The highest BCUT2D eigenvalue weighted by Crippen LogP contribution is 2.24. The minimum absolute atomic E-state index is 0.0302. The van der Waals surface area contributed by atoms with Crippen molar-refractivity contribution in [3.63, 3.8) is 0 Å². The molecule has 0 N–H and O–H groups in total. The molecule has 1 fully saturated rings. The number of morpholine rings is 1. The van der Waals surface area contributed by atoms with E-state index in [1.165, 1.54) is 0 Å². The predicted octanol–water partition coefficient (Wildman–Crippen LogP) is 1.60. The lowest BCUT2D eigenvalue weighted by atomic mass is 10.1. The van der Waals surface area contributed by atoms with Gasteiger partial charge in [-0.05, 0) is 24.6 Å². The van der Waals surface area contributed by atoms with E-state index in [9.17, 15) is 9.59 Å². The highest BCUT2D eigenvalue weighted by molar-refractivity contribution is 5.95. The SMILES string of the molecule is Cc1cc2n(n1)CCC(=O)N2Cc1ccc(C(=O)N2CCOCC2)cc1. The Morgan fingerprint density at radius 2 is 1.88 bits per heavy atom. The Labute approximate surface area is 152 Å². The predicted molar refractivity (Wildman–Crippen MR) is 95.9 cm³/mol. The summed E-state index contributed by atoms with van der Waals surface area (Å²) in [6.45, 7) is 5.49. The molecule has 7 heteroatoms. The number of rotatable bonds is 3. The molecule has 0 saturated carbocycles. The Kier molecular flexibility index (Phi) is 4.46. The van der Waals surface area contributed by atoms with Crippen molar-refractivity contribution in [2.24, 2.45) is 0 Å². The summed E-state index contributed by atoms with van der Waals surface area (Å²) in [5.41, 5.74) is 2.57. The number of anilines is 1. The van der Waals surface area contributed by atoms with Gasteiger partial charge in [-0.25, -0.2) is 4.68 Å². The largest absolute Gasteiger partial charge is 0.378 e. The van der Waals surface area contributed by atoms with Gasteiger partial charge in [-0.2, -0.15) is 5.10 Å². The van der Waals surface area contributed by atoms with Crippen LogP contribution in [0.1, 0.15) is 28.0 Å². The molecule has 0 spiro atoms. The molecule has 26 heavy (non-hydrogen) atoms. The van der Waals surface area contributed by atoms with Crippen molar-refractivity contribution in [3.8, 4) is 0 Å². The standard InChI is InChI=1S/C19H22N4O3/c1-14-12-17-22(18(24)6-7-23(17)20-14)13-15-2-4-16(5-3-15)19(25)21-8-10-26-11-9-21/h2-5,12H,6-11,13H2,1H3. The van der Waals surface area contributed by atoms with Crippen LogP contribution in [0.3, 0.4) is 0 Å². The maximum atomic E-state index is 12.5. The van der Waals surface area contributed by atoms with Crippen molar-refractivity contribution in [2.75, 3.05) is 31.2 Å². The van der Waals surface area contributed by atoms with E-state index in [0.717, 1.165) is 17.1 Å². The summed E-state index contributed by atoms with van der Waals surface area (Å²) in [6.07, 6.45) is 0.460. The zero-order valence-electron chi connectivity index (χ0n) is 14.9. The second-order valence-corrected chi connectivity index (χ2v) is 6.70. The zero-order valence-corrected chi connectivity index (χ0v) is 14.9. The van der Waals surface area contributed by atoms with Crippen LogP contribution in [0.25, 0.3) is 0 Å². The molecule has 0 unspecified atom stereocenters. The van der Waals surface area contributed by atoms with Gasteiger partial charge in [0.05, 0.1) is 32.0 Å². The Bertz CT molecular complexity index is 822. The van der Waals surface area contributed by atoms with E-state index in [1.807, 2.05) is 46.8 Å². The van der Waals surface area contributed by atoms with Crippen LogP contribution in [0.15, 0.2) is 30.3 Å². The van der Waals surface area contributed by atoms with Gasteiger partial charge in [-0.15, -0.1) is 0 Å². The summed E-state index contributed by atoms with van der Waals surface area (Å²) < 4.78 is 7.17. The number of carbonyl (C=O) groups excluding carboxylic acids is 2. The third-order valence-electron chi connectivity index (χ3n) is 4.84. The number of nitrogens with zero attached hydrogens (tertiary/aromatic N) is 4. The minimum Gasteiger partial charge on any atom is -0.378 e. The van der Waals surface area contributed by atoms with E-state index in [1.54, 1.807) is 4.90 Å². The van der Waals surface area contributed by atoms with Crippen LogP contribution >= 0.6 is 0 Å². The van der Waals surface area contributed by atoms with Crippen LogP contribution < -0.4 is 4.90 Å². The number of fused-ring (bicyclic) bond motifs is 1. The molecule has 1 saturated heterocycles. The average molecular weight is 354 g/mol. The lowest BCUT2D eigenvalue weighted by molar-refractivity contribution is -0.119. The molecule has 1 aromatic carbocycles. The first kappa shape index (κ1) is 16.8. The van der Waals surface area contributed by atoms with Crippen molar-refractivity contribution in [2.45, 2.75) is 26.4 Å². The second kappa shape index (κ2) is 6.92. The lowest BCUT2D eigenvalue weighted by Crippen LogP contribution is -2.40. The molecule has 4 rings (SSSR count). The number of ether oxygens (including phenoxy) is 1. The number of aryl methyl sites for hydroxylation is 2. The van der Waals surface area contributed by atoms with Gasteiger partial charge in [0, 0.05) is 31.1 Å². The summed E-state index contributed by atoms with van der Waals surface area (Å²) in [4.78, 5) is 28.5. The van der Waals surface area contributed by atoms with Crippen LogP contribution in [0, 0.1) is 6.92 Å². The molecule has 2 aliphatic rings. The monoisotopic (exact) mass is 354 g/mol. The molecule has 7 nitrogen and oxygen atoms in total. The highest BCUT2D eigenvalue weighted by Gasteiger charge is 2.26. The molecule has 0 bridgehead atoms. The topological polar surface area (TPSA) is 67.7 Å². The molecule has 3 heterocycles. The number of benzene rings is 1. The van der Waals surface area contributed by atoms with Crippen molar-refractivity contribution in [3.05, 3.63) is 47.2 Å². The van der Waals surface area contributed by atoms with Gasteiger partial charge in [-0.3, -0.25) is 14.5 Å². The molecule has 0 atom stereocenters. The van der Waals surface area contributed by atoms with Gasteiger partial charge in [-0.1, -0.05) is 12.1 Å². The first-order valence-corrected chi connectivity index (χ1v) is 8.92. The molecule has 136 valence electrons. The second-order valence-electron chi connectivity index (χ2n) is 6.70. The van der Waals surface area contributed by atoms with Crippen molar-refractivity contribution in [1.29, 1.82) is 0 Å². The van der Waals surface area contributed by atoms with Gasteiger partial charge in [0.2, 0.25) is 5.91 Å². The van der Waals surface area contributed by atoms with Gasteiger partial charge >= 0.3 is 0 Å². The fourth-order valence-electron chi connectivity index (χ4n) is 3.43. The highest BCUT2D eigenvalue weighted by atomic mass is 16.5. The molecule has 2 aromatic rings. The number of carbonyl (C=O) groups is 2. The average Bonchev–Trinajstić information content (AvgIpc) is 3.05. The molecular weight excluding hydrogens is 332 g/mol.